The van der Waals surface area contributed by atoms with E-state index in [1.54, 1.807) is 0 Å². The maximum Gasteiger partial charge on any atom is 0.389 e. The minimum atomic E-state index is -4.27. The summed E-state index contributed by atoms with van der Waals surface area (Å²) in [4.78, 5) is 26.9. The molecular weight excluding hydrogens is 831 g/mol. The highest BCUT2D eigenvalue weighted by molar-refractivity contribution is 5.97. The van der Waals surface area contributed by atoms with Gasteiger partial charge in [-0.3, -0.25) is 0 Å². The van der Waals surface area contributed by atoms with Crippen molar-refractivity contribution in [3.8, 4) is 0 Å². The number of alkyl halides is 6. The van der Waals surface area contributed by atoms with Gasteiger partial charge in [0.2, 0.25) is 0 Å². The van der Waals surface area contributed by atoms with E-state index in [0.717, 1.165) is 36.8 Å². The van der Waals surface area contributed by atoms with Gasteiger partial charge in [0.1, 0.15) is 0 Å². The lowest BCUT2D eigenvalue weighted by Gasteiger charge is -2.41. The first kappa shape index (κ1) is 47.9. The molecule has 8 nitrogen and oxygen atoms in total. The third-order valence-corrected chi connectivity index (χ3v) is 17.8. The fourth-order valence-corrected chi connectivity index (χ4v) is 13.0. The zero-order chi connectivity index (χ0) is 47.1. The summed E-state index contributed by atoms with van der Waals surface area (Å²) in [6.45, 7) is 21.2. The summed E-state index contributed by atoms with van der Waals surface area (Å²) >= 11 is 0. The molecule has 352 valence electrons. The molecule has 8 rings (SSSR count). The first-order valence-electron chi connectivity index (χ1n) is 23.1. The first-order valence-corrected chi connectivity index (χ1v) is 23.1. The zero-order valence-electron chi connectivity index (χ0n) is 39.2. The molecule has 4 saturated carbocycles. The molecule has 0 radical (unpaired) electrons. The standard InChI is InChI=1S/2C25H34F3N3O/c2*1-22(2)17-11-13-24(22,5)19(15-17)29-21(32)31-23(3,4)20(16-9-7-6-8-10-16)18(30-31)12-14-25(26,27)28/h2*6-10,17,19-20H,11-15H2,1-5H3,(H,29,32)/t2*17-,19+,20?,24+/m11/s1. The van der Waals surface area contributed by atoms with E-state index in [4.69, 9.17) is 0 Å². The highest BCUT2D eigenvalue weighted by Gasteiger charge is 2.63. The number of benzene rings is 2. The number of nitrogens with zero attached hydrogens (tertiary/aromatic N) is 4. The number of carbonyl (C=O) groups is 2. The molecule has 8 atom stereocenters. The molecule has 4 bridgehead atoms. The van der Waals surface area contributed by atoms with E-state index in [2.05, 4.69) is 62.4 Å². The molecule has 2 unspecified atom stereocenters. The molecule has 0 spiro atoms. The fourth-order valence-electron chi connectivity index (χ4n) is 13.0. The molecule has 0 saturated heterocycles. The van der Waals surface area contributed by atoms with Crippen LogP contribution in [-0.2, 0) is 0 Å². The number of nitrogens with one attached hydrogen (secondary N) is 2. The summed E-state index contributed by atoms with van der Waals surface area (Å²) in [6.07, 6.45) is -4.47. The van der Waals surface area contributed by atoms with Gasteiger partial charge in [0.25, 0.3) is 0 Å². The number of carbonyl (C=O) groups excluding carboxylic acids is 2. The van der Waals surface area contributed by atoms with Crippen molar-refractivity contribution in [2.24, 2.45) is 43.7 Å². The van der Waals surface area contributed by atoms with E-state index >= 15 is 0 Å². The van der Waals surface area contributed by atoms with Crippen LogP contribution in [-0.4, -0.2) is 69.0 Å². The van der Waals surface area contributed by atoms with E-state index in [9.17, 15) is 35.9 Å². The molecule has 4 aliphatic carbocycles. The van der Waals surface area contributed by atoms with Crippen molar-refractivity contribution >= 4 is 23.5 Å². The quantitative estimate of drug-likeness (QED) is 0.259. The summed E-state index contributed by atoms with van der Waals surface area (Å²) < 4.78 is 78.1. The van der Waals surface area contributed by atoms with Crippen LogP contribution in [0, 0.1) is 33.5 Å². The van der Waals surface area contributed by atoms with Gasteiger partial charge in [0.15, 0.2) is 0 Å². The third kappa shape index (κ3) is 8.34. The lowest BCUT2D eigenvalue weighted by atomic mass is 9.69. The number of hydrogen-bond acceptors (Lipinski definition) is 4. The van der Waals surface area contributed by atoms with Crippen LogP contribution in [0.4, 0.5) is 35.9 Å². The van der Waals surface area contributed by atoms with Crippen molar-refractivity contribution in [1.29, 1.82) is 0 Å². The Balaban J connectivity index is 0.000000191. The summed E-state index contributed by atoms with van der Waals surface area (Å²) in [6, 6.07) is 18.3. The van der Waals surface area contributed by atoms with Crippen molar-refractivity contribution in [2.75, 3.05) is 0 Å². The van der Waals surface area contributed by atoms with Crippen LogP contribution in [0.2, 0.25) is 0 Å². The Morgan fingerprint density at radius 1 is 0.578 bits per heavy atom. The second kappa shape index (κ2) is 16.3. The summed E-state index contributed by atoms with van der Waals surface area (Å²) in [5, 5.41) is 18.3. The van der Waals surface area contributed by atoms with Crippen LogP contribution in [0.3, 0.4) is 0 Å². The highest BCUT2D eigenvalue weighted by Crippen LogP contribution is 2.66. The molecule has 2 aliphatic heterocycles. The smallest absolute Gasteiger partial charge is 0.333 e. The summed E-state index contributed by atoms with van der Waals surface area (Å²) in [5.41, 5.74) is 1.35. The predicted molar refractivity (Wildman–Crippen MR) is 239 cm³/mol. The van der Waals surface area contributed by atoms with Gasteiger partial charge in [-0.15, -0.1) is 0 Å². The Bertz CT molecular complexity index is 1970. The van der Waals surface area contributed by atoms with E-state index in [1.807, 2.05) is 88.4 Å². The van der Waals surface area contributed by atoms with Crippen molar-refractivity contribution in [3.05, 3.63) is 71.8 Å². The molecule has 0 aromatic heterocycles. The Kier molecular flexibility index (Phi) is 12.2. The zero-order valence-corrected chi connectivity index (χ0v) is 39.2. The minimum Gasteiger partial charge on any atom is -0.333 e. The van der Waals surface area contributed by atoms with Crippen LogP contribution < -0.4 is 10.6 Å². The van der Waals surface area contributed by atoms with E-state index in [1.165, 1.54) is 22.9 Å². The molecule has 4 amide bonds. The van der Waals surface area contributed by atoms with Gasteiger partial charge >= 0.3 is 24.4 Å². The number of fused-ring (bicyclic) bond motifs is 4. The second-order valence-electron chi connectivity index (χ2n) is 22.3. The normalized spacial score (nSPS) is 32.8. The number of hydrazone groups is 2. The molecule has 2 N–H and O–H groups in total. The molecule has 6 aliphatic rings. The topological polar surface area (TPSA) is 89.4 Å². The van der Waals surface area contributed by atoms with E-state index in [0.29, 0.717) is 23.3 Å². The molecule has 2 heterocycles. The number of amides is 4. The lowest BCUT2D eigenvalue weighted by Crippen LogP contribution is -2.54. The SMILES string of the molecule is CC1(C)C(c2ccccc2)C(CCC(F)(F)F)=NN1C(=O)N[C@H]1C[C@H]2CC[C@]1(C)C2(C)C.CC1(C)C(c2ccccc2)C(CCC(F)(F)F)=NN1C(=O)N[C@H]1C[C@H]2CC[C@]1(C)C2(C)C. The van der Waals surface area contributed by atoms with Gasteiger partial charge in [-0.25, -0.2) is 19.6 Å². The van der Waals surface area contributed by atoms with Crippen LogP contribution in [0.1, 0.15) is 156 Å². The number of halogens is 6. The van der Waals surface area contributed by atoms with Gasteiger partial charge in [-0.2, -0.15) is 36.5 Å². The first-order chi connectivity index (χ1) is 29.5. The lowest BCUT2D eigenvalue weighted by molar-refractivity contribution is -0.133. The van der Waals surface area contributed by atoms with E-state index in [-0.39, 0.29) is 70.5 Å². The highest BCUT2D eigenvalue weighted by atomic mass is 19.4. The van der Waals surface area contributed by atoms with Crippen molar-refractivity contribution < 1.29 is 35.9 Å². The third-order valence-electron chi connectivity index (χ3n) is 17.8. The van der Waals surface area contributed by atoms with Gasteiger partial charge in [-0.05, 0) is 124 Å². The molecule has 14 heteroatoms. The Morgan fingerprint density at radius 3 is 1.17 bits per heavy atom. The summed E-state index contributed by atoms with van der Waals surface area (Å²) in [7, 11) is 0. The molecule has 2 aromatic rings. The monoisotopic (exact) mass is 899 g/mol. The van der Waals surface area contributed by atoms with Gasteiger partial charge in [0.05, 0.1) is 11.1 Å². The maximum absolute atomic E-state index is 13.5. The van der Waals surface area contributed by atoms with Crippen LogP contribution in [0.5, 0.6) is 0 Å². The number of urea groups is 2. The number of rotatable bonds is 8. The van der Waals surface area contributed by atoms with Crippen molar-refractivity contribution in [3.63, 3.8) is 0 Å². The number of hydrogen-bond donors (Lipinski definition) is 2. The van der Waals surface area contributed by atoms with Gasteiger partial charge in [-0.1, -0.05) is 102 Å². The fraction of sp³-hybridized carbons (Fsp3) is 0.680. The second-order valence-corrected chi connectivity index (χ2v) is 22.3. The van der Waals surface area contributed by atoms with Crippen LogP contribution >= 0.6 is 0 Å². The van der Waals surface area contributed by atoms with Crippen LogP contribution in [0.25, 0.3) is 0 Å². The van der Waals surface area contributed by atoms with Crippen molar-refractivity contribution in [2.45, 2.75) is 181 Å². The molecule has 4 fully saturated rings. The molecule has 2 aromatic carbocycles. The summed E-state index contributed by atoms with van der Waals surface area (Å²) in [5.74, 6) is 0.382. The minimum absolute atomic E-state index is 0.0128. The Morgan fingerprint density at radius 2 is 0.906 bits per heavy atom. The molecule has 64 heavy (non-hydrogen) atoms. The average molecular weight is 899 g/mol. The average Bonchev–Trinajstić information content (AvgIpc) is 3.89. The predicted octanol–water partition coefficient (Wildman–Crippen LogP) is 13.0. The van der Waals surface area contributed by atoms with Crippen LogP contribution in [0.15, 0.2) is 70.9 Å². The molecular formula is C50H68F6N6O2. The van der Waals surface area contributed by atoms with Crippen molar-refractivity contribution in [1.82, 2.24) is 20.7 Å². The van der Waals surface area contributed by atoms with Gasteiger partial charge in [0, 0.05) is 48.2 Å². The van der Waals surface area contributed by atoms with E-state index < -0.39 is 36.3 Å². The van der Waals surface area contributed by atoms with Gasteiger partial charge < -0.3 is 10.6 Å². The Labute approximate surface area is 375 Å². The Hall–Kier alpha value is -4.10. The maximum atomic E-state index is 13.5. The largest absolute Gasteiger partial charge is 0.389 e.